The van der Waals surface area contributed by atoms with Crippen molar-refractivity contribution >= 4 is 22.5 Å². The van der Waals surface area contributed by atoms with Gasteiger partial charge in [0.15, 0.2) is 0 Å². The summed E-state index contributed by atoms with van der Waals surface area (Å²) in [6, 6.07) is 3.32. The smallest absolute Gasteiger partial charge is 0.347 e. The highest BCUT2D eigenvalue weighted by molar-refractivity contribution is 6.34. The molecule has 2 aromatic rings. The molecule has 0 saturated carbocycles. The van der Waals surface area contributed by atoms with Crippen LogP contribution >= 0.6 is 11.6 Å². The van der Waals surface area contributed by atoms with E-state index in [1.165, 1.54) is 10.8 Å². The molecule has 6 heteroatoms. The average molecular weight is 249 g/mol. The van der Waals surface area contributed by atoms with Gasteiger partial charge in [0.25, 0.3) is 0 Å². The van der Waals surface area contributed by atoms with Gasteiger partial charge >= 0.3 is 6.18 Å². The summed E-state index contributed by atoms with van der Waals surface area (Å²) in [5.41, 5.74) is 0.671. The van der Waals surface area contributed by atoms with E-state index in [0.29, 0.717) is 16.1 Å². The summed E-state index contributed by atoms with van der Waals surface area (Å²) in [5, 5.41) is 0.981. The van der Waals surface area contributed by atoms with Crippen LogP contribution in [0.1, 0.15) is 6.42 Å². The molecule has 0 fully saturated rings. The van der Waals surface area contributed by atoms with Crippen molar-refractivity contribution < 1.29 is 13.2 Å². The molecule has 0 aliphatic rings. The molecule has 0 bridgehead atoms. The van der Waals surface area contributed by atoms with E-state index in [1.807, 2.05) is 0 Å². The SMILES string of the molecule is FC(F)(F)CCn1ccc2c(Cl)nccc21. The Bertz CT molecular complexity index is 504. The van der Waals surface area contributed by atoms with Gasteiger partial charge in [-0.25, -0.2) is 4.98 Å². The first-order valence-electron chi connectivity index (χ1n) is 4.63. The lowest BCUT2D eigenvalue weighted by atomic mass is 10.3. The number of alkyl halides is 3. The lowest BCUT2D eigenvalue weighted by Gasteiger charge is -2.08. The fourth-order valence-electron chi connectivity index (χ4n) is 1.53. The number of hydrogen-bond donors (Lipinski definition) is 0. The standard InChI is InChI=1S/C10H8ClF3N2/c11-9-7-2-5-16(6-3-10(12,13)14)8(7)1-4-15-9/h1-2,4-5H,3,6H2. The van der Waals surface area contributed by atoms with Gasteiger partial charge in [-0.2, -0.15) is 13.2 Å². The van der Waals surface area contributed by atoms with Crippen molar-refractivity contribution in [3.63, 3.8) is 0 Å². The molecule has 0 atom stereocenters. The van der Waals surface area contributed by atoms with Crippen LogP contribution in [0.2, 0.25) is 5.15 Å². The number of aromatic nitrogens is 2. The minimum atomic E-state index is -4.15. The Morgan fingerprint density at radius 3 is 2.75 bits per heavy atom. The number of hydrogen-bond acceptors (Lipinski definition) is 1. The van der Waals surface area contributed by atoms with E-state index in [4.69, 9.17) is 11.6 Å². The largest absolute Gasteiger partial charge is 0.390 e. The monoisotopic (exact) mass is 248 g/mol. The van der Waals surface area contributed by atoms with Gasteiger partial charge in [-0.15, -0.1) is 0 Å². The van der Waals surface area contributed by atoms with Crippen LogP contribution in [0.15, 0.2) is 24.5 Å². The molecule has 2 rings (SSSR count). The quantitative estimate of drug-likeness (QED) is 0.742. The molecule has 0 radical (unpaired) electrons. The summed E-state index contributed by atoms with van der Waals surface area (Å²) in [4.78, 5) is 3.86. The molecular weight excluding hydrogens is 241 g/mol. The van der Waals surface area contributed by atoms with Gasteiger partial charge in [-0.1, -0.05) is 11.6 Å². The topological polar surface area (TPSA) is 17.8 Å². The lowest BCUT2D eigenvalue weighted by Crippen LogP contribution is -2.11. The molecule has 2 nitrogen and oxygen atoms in total. The van der Waals surface area contributed by atoms with Crippen LogP contribution in [0, 0.1) is 0 Å². The first-order valence-corrected chi connectivity index (χ1v) is 5.01. The highest BCUT2D eigenvalue weighted by atomic mass is 35.5. The third-order valence-electron chi connectivity index (χ3n) is 2.29. The molecule has 0 aliphatic heterocycles. The fourth-order valence-corrected chi connectivity index (χ4v) is 1.75. The van der Waals surface area contributed by atoms with Gasteiger partial charge in [0, 0.05) is 24.3 Å². The van der Waals surface area contributed by atoms with E-state index < -0.39 is 12.6 Å². The van der Waals surface area contributed by atoms with Gasteiger partial charge in [0.1, 0.15) is 5.15 Å². The summed E-state index contributed by atoms with van der Waals surface area (Å²) >= 11 is 5.81. The molecule has 2 heterocycles. The van der Waals surface area contributed by atoms with Gasteiger partial charge in [0.05, 0.1) is 11.9 Å². The Hall–Kier alpha value is -1.23. The van der Waals surface area contributed by atoms with Crippen molar-refractivity contribution in [2.24, 2.45) is 0 Å². The minimum absolute atomic E-state index is 0.104. The van der Waals surface area contributed by atoms with E-state index in [9.17, 15) is 13.2 Å². The van der Waals surface area contributed by atoms with Crippen molar-refractivity contribution in [2.75, 3.05) is 0 Å². The first-order chi connectivity index (χ1) is 7.47. The van der Waals surface area contributed by atoms with Crippen LogP contribution in [0.25, 0.3) is 10.9 Å². The Labute approximate surface area is 94.6 Å². The predicted octanol–water partition coefficient (Wildman–Crippen LogP) is 3.64. The molecule has 0 N–H and O–H groups in total. The number of rotatable bonds is 2. The Morgan fingerprint density at radius 1 is 1.31 bits per heavy atom. The molecule has 86 valence electrons. The maximum Gasteiger partial charge on any atom is 0.390 e. The molecular formula is C10H8ClF3N2. The van der Waals surface area contributed by atoms with Gasteiger partial charge in [-0.05, 0) is 12.1 Å². The van der Waals surface area contributed by atoms with E-state index >= 15 is 0 Å². The first kappa shape index (κ1) is 11.3. The van der Waals surface area contributed by atoms with Gasteiger partial charge in [-0.3, -0.25) is 0 Å². The molecule has 0 spiro atoms. The van der Waals surface area contributed by atoms with Crippen LogP contribution in [-0.4, -0.2) is 15.7 Å². The van der Waals surface area contributed by atoms with Crippen molar-refractivity contribution in [1.82, 2.24) is 9.55 Å². The molecule has 16 heavy (non-hydrogen) atoms. The van der Waals surface area contributed by atoms with Crippen LogP contribution in [0.3, 0.4) is 0 Å². The zero-order valence-corrected chi connectivity index (χ0v) is 8.89. The van der Waals surface area contributed by atoms with Crippen molar-refractivity contribution in [1.29, 1.82) is 0 Å². The van der Waals surface area contributed by atoms with E-state index in [1.54, 1.807) is 18.3 Å². The van der Waals surface area contributed by atoms with Crippen LogP contribution in [0.4, 0.5) is 13.2 Å². The van der Waals surface area contributed by atoms with Crippen LogP contribution < -0.4 is 0 Å². The lowest BCUT2D eigenvalue weighted by molar-refractivity contribution is -0.136. The normalized spacial score (nSPS) is 12.2. The summed E-state index contributed by atoms with van der Waals surface area (Å²) in [7, 11) is 0. The second kappa shape index (κ2) is 3.97. The molecule has 0 aromatic carbocycles. The number of nitrogens with zero attached hydrogens (tertiary/aromatic N) is 2. The fraction of sp³-hybridized carbons (Fsp3) is 0.300. The predicted molar refractivity (Wildman–Crippen MR) is 55.4 cm³/mol. The maximum atomic E-state index is 12.1. The third kappa shape index (κ3) is 2.29. The average Bonchev–Trinajstić information content (AvgIpc) is 2.58. The number of aryl methyl sites for hydroxylation is 1. The minimum Gasteiger partial charge on any atom is -0.347 e. The zero-order valence-electron chi connectivity index (χ0n) is 8.13. The van der Waals surface area contributed by atoms with Crippen molar-refractivity contribution in [2.45, 2.75) is 19.1 Å². The summed E-state index contributed by atoms with van der Waals surface area (Å²) < 4.78 is 37.7. The number of pyridine rings is 1. The van der Waals surface area contributed by atoms with E-state index in [0.717, 1.165) is 0 Å². The highest BCUT2D eigenvalue weighted by Gasteiger charge is 2.26. The third-order valence-corrected chi connectivity index (χ3v) is 2.59. The van der Waals surface area contributed by atoms with Crippen LogP contribution in [0.5, 0.6) is 0 Å². The second-order valence-electron chi connectivity index (χ2n) is 3.41. The van der Waals surface area contributed by atoms with E-state index in [-0.39, 0.29) is 6.54 Å². The van der Waals surface area contributed by atoms with Crippen molar-refractivity contribution in [3.05, 3.63) is 29.7 Å². The van der Waals surface area contributed by atoms with Crippen molar-refractivity contribution in [3.8, 4) is 0 Å². The van der Waals surface area contributed by atoms with Gasteiger partial charge < -0.3 is 4.57 Å². The zero-order chi connectivity index (χ0) is 11.8. The summed E-state index contributed by atoms with van der Waals surface area (Å²) in [6.45, 7) is -0.104. The molecule has 0 aliphatic carbocycles. The number of fused-ring (bicyclic) bond motifs is 1. The Balaban J connectivity index is 2.29. The highest BCUT2D eigenvalue weighted by Crippen LogP contribution is 2.25. The van der Waals surface area contributed by atoms with E-state index in [2.05, 4.69) is 4.98 Å². The number of halogens is 4. The van der Waals surface area contributed by atoms with Crippen LogP contribution in [-0.2, 0) is 6.54 Å². The Kier molecular flexibility index (Phi) is 2.80. The molecule has 0 unspecified atom stereocenters. The molecule has 0 saturated heterocycles. The second-order valence-corrected chi connectivity index (χ2v) is 3.77. The summed E-state index contributed by atoms with van der Waals surface area (Å²) in [6.07, 6.45) is -1.93. The molecule has 2 aromatic heterocycles. The maximum absolute atomic E-state index is 12.1. The van der Waals surface area contributed by atoms with Gasteiger partial charge in [0.2, 0.25) is 0 Å². The Morgan fingerprint density at radius 2 is 2.06 bits per heavy atom. The summed E-state index contributed by atoms with van der Waals surface area (Å²) in [5.74, 6) is 0. The molecule has 0 amide bonds.